The molecule has 0 saturated carbocycles. The minimum absolute atomic E-state index is 0. The molecule has 0 aliphatic rings. The van der Waals surface area contributed by atoms with Crippen LogP contribution in [0, 0.1) is 12.8 Å². The number of nitrogens with zero attached hydrogens (tertiary/aromatic N) is 3. The molecular formula is C26H31Cl2N5O. The van der Waals surface area contributed by atoms with Crippen LogP contribution in [0.15, 0.2) is 67.1 Å². The number of nitrogens with one attached hydrogen (secondary N) is 1. The van der Waals surface area contributed by atoms with Crippen molar-refractivity contribution in [2.45, 2.75) is 27.3 Å². The van der Waals surface area contributed by atoms with Crippen molar-refractivity contribution in [3.8, 4) is 11.5 Å². The van der Waals surface area contributed by atoms with Crippen LogP contribution < -0.4 is 15.8 Å². The van der Waals surface area contributed by atoms with Gasteiger partial charge in [-0.05, 0) is 60.4 Å². The second-order valence-electron chi connectivity index (χ2n) is 8.14. The topological polar surface area (TPSA) is 78.0 Å². The molecule has 34 heavy (non-hydrogen) atoms. The zero-order valence-corrected chi connectivity index (χ0v) is 21.2. The van der Waals surface area contributed by atoms with Gasteiger partial charge in [0.1, 0.15) is 23.3 Å². The summed E-state index contributed by atoms with van der Waals surface area (Å²) in [6, 6.07) is 16.1. The molecule has 0 radical (unpaired) electrons. The number of aromatic nitrogens is 3. The van der Waals surface area contributed by atoms with Gasteiger partial charge in [-0.1, -0.05) is 38.1 Å². The zero-order chi connectivity index (χ0) is 22.5. The van der Waals surface area contributed by atoms with Crippen molar-refractivity contribution in [3.05, 3.63) is 78.3 Å². The van der Waals surface area contributed by atoms with Crippen molar-refractivity contribution in [1.29, 1.82) is 0 Å². The predicted octanol–water partition coefficient (Wildman–Crippen LogP) is 6.75. The Kier molecular flexibility index (Phi) is 9.93. The third kappa shape index (κ3) is 6.50. The highest BCUT2D eigenvalue weighted by Crippen LogP contribution is 2.30. The number of aryl methyl sites for hydroxylation is 1. The zero-order valence-electron chi connectivity index (χ0n) is 19.6. The summed E-state index contributed by atoms with van der Waals surface area (Å²) in [6.45, 7) is 7.63. The maximum Gasteiger partial charge on any atom is 0.158 e. The van der Waals surface area contributed by atoms with Crippen molar-refractivity contribution >= 4 is 53.4 Å². The van der Waals surface area contributed by atoms with E-state index in [9.17, 15) is 0 Å². The molecule has 2 heterocycles. The number of rotatable bonds is 8. The highest BCUT2D eigenvalue weighted by atomic mass is 35.5. The second kappa shape index (κ2) is 12.4. The van der Waals surface area contributed by atoms with Crippen molar-refractivity contribution in [2.75, 3.05) is 11.9 Å². The maximum absolute atomic E-state index is 6.17. The Morgan fingerprint density at radius 3 is 2.65 bits per heavy atom. The fourth-order valence-electron chi connectivity index (χ4n) is 3.54. The van der Waals surface area contributed by atoms with Gasteiger partial charge in [0.15, 0.2) is 5.82 Å². The summed E-state index contributed by atoms with van der Waals surface area (Å²) in [6.07, 6.45) is 7.87. The summed E-state index contributed by atoms with van der Waals surface area (Å²) in [5.41, 5.74) is 10.7. The van der Waals surface area contributed by atoms with Gasteiger partial charge in [-0.15, -0.1) is 24.8 Å². The Bertz CT molecular complexity index is 1250. The van der Waals surface area contributed by atoms with E-state index in [2.05, 4.69) is 58.0 Å². The summed E-state index contributed by atoms with van der Waals surface area (Å²) in [5.74, 6) is 2.90. The molecule has 0 bridgehead atoms. The first kappa shape index (κ1) is 27.2. The standard InChI is InChI=1S/C26H29N5O.2ClH/c1-18(2)7-8-20-5-4-6-22(16-20)32-24-10-9-21(15-19(24)3)30-26-25-23(28-17-29-26)11-13-31(25)14-12-27;;/h4-11,13,15-18H,12,14,27H2,1-3H3,(H,28,29,30);2*1H/b8-7+;;. The van der Waals surface area contributed by atoms with E-state index in [-0.39, 0.29) is 24.8 Å². The number of ether oxygens (including phenoxy) is 1. The largest absolute Gasteiger partial charge is 0.457 e. The van der Waals surface area contributed by atoms with Gasteiger partial charge in [0.05, 0.1) is 5.52 Å². The number of allylic oxidation sites excluding steroid dienone is 1. The minimum atomic E-state index is 0. The van der Waals surface area contributed by atoms with Crippen LogP contribution in [0.2, 0.25) is 0 Å². The number of fused-ring (bicyclic) bond motifs is 1. The number of hydrogen-bond acceptors (Lipinski definition) is 5. The van der Waals surface area contributed by atoms with Crippen LogP contribution in [-0.4, -0.2) is 21.1 Å². The molecule has 3 N–H and O–H groups in total. The summed E-state index contributed by atoms with van der Waals surface area (Å²) >= 11 is 0. The Balaban J connectivity index is 0.00000204. The quantitative estimate of drug-likeness (QED) is 0.280. The lowest BCUT2D eigenvalue weighted by Gasteiger charge is -2.13. The van der Waals surface area contributed by atoms with E-state index in [1.54, 1.807) is 6.33 Å². The average Bonchev–Trinajstić information content (AvgIpc) is 3.19. The van der Waals surface area contributed by atoms with Crippen LogP contribution >= 0.6 is 24.8 Å². The number of hydrogen-bond donors (Lipinski definition) is 2. The average molecular weight is 500 g/mol. The number of anilines is 2. The molecule has 0 saturated heterocycles. The highest BCUT2D eigenvalue weighted by molar-refractivity contribution is 5.88. The molecule has 0 aliphatic heterocycles. The first-order valence-electron chi connectivity index (χ1n) is 10.9. The van der Waals surface area contributed by atoms with E-state index in [4.69, 9.17) is 10.5 Å². The normalized spacial score (nSPS) is 10.9. The summed E-state index contributed by atoms with van der Waals surface area (Å²) < 4.78 is 8.24. The molecule has 0 atom stereocenters. The minimum Gasteiger partial charge on any atom is -0.457 e. The molecule has 0 unspecified atom stereocenters. The van der Waals surface area contributed by atoms with Crippen LogP contribution in [0.25, 0.3) is 17.1 Å². The molecule has 2 aromatic heterocycles. The highest BCUT2D eigenvalue weighted by Gasteiger charge is 2.10. The van der Waals surface area contributed by atoms with Gasteiger partial charge >= 0.3 is 0 Å². The molecule has 180 valence electrons. The van der Waals surface area contributed by atoms with Crippen LogP contribution in [0.4, 0.5) is 11.5 Å². The number of benzene rings is 2. The molecule has 0 aliphatic carbocycles. The van der Waals surface area contributed by atoms with Crippen LogP contribution in [-0.2, 0) is 6.54 Å². The van der Waals surface area contributed by atoms with Gasteiger partial charge in [0.25, 0.3) is 0 Å². The lowest BCUT2D eigenvalue weighted by atomic mass is 10.1. The van der Waals surface area contributed by atoms with Crippen molar-refractivity contribution in [2.24, 2.45) is 11.7 Å². The van der Waals surface area contributed by atoms with Crippen LogP contribution in [0.5, 0.6) is 11.5 Å². The lowest BCUT2D eigenvalue weighted by molar-refractivity contribution is 0.479. The monoisotopic (exact) mass is 499 g/mol. The Hall–Kier alpha value is -3.06. The second-order valence-corrected chi connectivity index (χ2v) is 8.14. The van der Waals surface area contributed by atoms with E-state index in [0.29, 0.717) is 19.0 Å². The molecule has 6 nitrogen and oxygen atoms in total. The van der Waals surface area contributed by atoms with Gasteiger partial charge in [-0.3, -0.25) is 0 Å². The Labute approximate surface area is 213 Å². The molecule has 4 aromatic rings. The molecule has 0 spiro atoms. The molecule has 0 fully saturated rings. The van der Waals surface area contributed by atoms with E-state index >= 15 is 0 Å². The number of halogens is 2. The van der Waals surface area contributed by atoms with Crippen LogP contribution in [0.3, 0.4) is 0 Å². The smallest absolute Gasteiger partial charge is 0.158 e. The van der Waals surface area contributed by atoms with Gasteiger partial charge < -0.3 is 20.4 Å². The molecule has 0 amide bonds. The molecule has 2 aromatic carbocycles. The molecule has 8 heteroatoms. The van der Waals surface area contributed by atoms with E-state index in [0.717, 1.165) is 45.2 Å². The summed E-state index contributed by atoms with van der Waals surface area (Å²) in [4.78, 5) is 8.81. The van der Waals surface area contributed by atoms with E-state index in [1.807, 2.05) is 49.5 Å². The Morgan fingerprint density at radius 1 is 1.09 bits per heavy atom. The molecule has 4 rings (SSSR count). The first-order valence-corrected chi connectivity index (χ1v) is 10.9. The number of nitrogens with two attached hydrogens (primary N) is 1. The van der Waals surface area contributed by atoms with Gasteiger partial charge in [0.2, 0.25) is 0 Å². The van der Waals surface area contributed by atoms with E-state index < -0.39 is 0 Å². The summed E-state index contributed by atoms with van der Waals surface area (Å²) in [5, 5.41) is 3.42. The fraction of sp³-hybridized carbons (Fsp3) is 0.231. The van der Waals surface area contributed by atoms with Gasteiger partial charge in [0, 0.05) is 25.0 Å². The first-order chi connectivity index (χ1) is 15.5. The van der Waals surface area contributed by atoms with Crippen molar-refractivity contribution in [3.63, 3.8) is 0 Å². The van der Waals surface area contributed by atoms with Crippen LogP contribution in [0.1, 0.15) is 25.0 Å². The Morgan fingerprint density at radius 2 is 1.91 bits per heavy atom. The maximum atomic E-state index is 6.17. The predicted molar refractivity (Wildman–Crippen MR) is 146 cm³/mol. The summed E-state index contributed by atoms with van der Waals surface area (Å²) in [7, 11) is 0. The third-order valence-electron chi connectivity index (χ3n) is 5.12. The fourth-order valence-corrected chi connectivity index (χ4v) is 3.54. The van der Waals surface area contributed by atoms with Gasteiger partial charge in [-0.2, -0.15) is 0 Å². The third-order valence-corrected chi connectivity index (χ3v) is 5.12. The lowest BCUT2D eigenvalue weighted by Crippen LogP contribution is -2.10. The van der Waals surface area contributed by atoms with Gasteiger partial charge in [-0.25, -0.2) is 9.97 Å². The van der Waals surface area contributed by atoms with Crippen molar-refractivity contribution in [1.82, 2.24) is 14.5 Å². The SMILES string of the molecule is Cc1cc(Nc2ncnc3ccn(CCN)c23)ccc1Oc1cccc(/C=C/C(C)C)c1.Cl.Cl. The molecular weight excluding hydrogens is 469 g/mol. The van der Waals surface area contributed by atoms with Crippen molar-refractivity contribution < 1.29 is 4.74 Å². The van der Waals surface area contributed by atoms with E-state index in [1.165, 1.54) is 0 Å².